The smallest absolute Gasteiger partial charge is 0.183 e. The second-order valence-corrected chi connectivity index (χ2v) is 6.65. The highest BCUT2D eigenvalue weighted by Crippen LogP contribution is 2.38. The van der Waals surface area contributed by atoms with E-state index in [0.29, 0.717) is 21.8 Å². The van der Waals surface area contributed by atoms with E-state index in [1.54, 1.807) is 6.33 Å². The molecular formula is C15H14BrN5. The van der Waals surface area contributed by atoms with Gasteiger partial charge in [0.2, 0.25) is 0 Å². The van der Waals surface area contributed by atoms with Crippen LogP contribution in [0, 0.1) is 0 Å². The molecule has 3 aromatic rings. The molecule has 5 nitrogen and oxygen atoms in total. The van der Waals surface area contributed by atoms with Gasteiger partial charge in [0.15, 0.2) is 11.5 Å². The molecule has 2 atom stereocenters. The molecule has 0 radical (unpaired) electrons. The molecule has 0 saturated heterocycles. The third kappa shape index (κ3) is 2.10. The number of H-pyrrole nitrogens is 1. The van der Waals surface area contributed by atoms with Crippen LogP contribution in [0.1, 0.15) is 29.3 Å². The van der Waals surface area contributed by atoms with Crippen molar-refractivity contribution in [2.24, 2.45) is 0 Å². The van der Waals surface area contributed by atoms with Crippen LogP contribution < -0.4 is 5.73 Å². The second-order valence-electron chi connectivity index (χ2n) is 5.36. The van der Waals surface area contributed by atoms with E-state index in [9.17, 15) is 0 Å². The SMILES string of the molecule is Nc1nc(C2CC(Br)Cc3ccccc32)nc2nc[nH]c12. The van der Waals surface area contributed by atoms with Crippen molar-refractivity contribution in [2.45, 2.75) is 23.6 Å². The summed E-state index contributed by atoms with van der Waals surface area (Å²) in [6.07, 6.45) is 3.60. The minimum absolute atomic E-state index is 0.155. The maximum atomic E-state index is 6.03. The van der Waals surface area contributed by atoms with Gasteiger partial charge in [-0.15, -0.1) is 0 Å². The van der Waals surface area contributed by atoms with E-state index >= 15 is 0 Å². The number of aromatic nitrogens is 4. The van der Waals surface area contributed by atoms with Crippen LogP contribution >= 0.6 is 15.9 Å². The number of nitrogens with one attached hydrogen (secondary N) is 1. The predicted molar refractivity (Wildman–Crippen MR) is 85.4 cm³/mol. The Balaban J connectivity index is 1.88. The van der Waals surface area contributed by atoms with Crippen molar-refractivity contribution in [2.75, 3.05) is 5.73 Å². The van der Waals surface area contributed by atoms with Gasteiger partial charge in [-0.2, -0.15) is 0 Å². The fraction of sp³-hybridized carbons (Fsp3) is 0.267. The van der Waals surface area contributed by atoms with Gasteiger partial charge >= 0.3 is 0 Å². The average Bonchev–Trinajstić information content (AvgIpc) is 2.95. The molecule has 2 heterocycles. The van der Waals surface area contributed by atoms with Gasteiger partial charge in [0, 0.05) is 10.7 Å². The Morgan fingerprint density at radius 2 is 2.10 bits per heavy atom. The van der Waals surface area contributed by atoms with Crippen LogP contribution in [0.3, 0.4) is 0 Å². The molecule has 0 bridgehead atoms. The lowest BCUT2D eigenvalue weighted by Crippen LogP contribution is -2.21. The molecule has 1 aliphatic carbocycles. The van der Waals surface area contributed by atoms with Crippen LogP contribution in [0.15, 0.2) is 30.6 Å². The standard InChI is InChI=1S/C15H14BrN5/c16-9-5-8-3-1-2-4-10(8)11(6-9)14-20-13(17)12-15(21-14)19-7-18-12/h1-4,7,9,11H,5-6H2,(H3,17,18,19,20,21). The van der Waals surface area contributed by atoms with Crippen LogP contribution in [-0.4, -0.2) is 24.8 Å². The molecule has 0 amide bonds. The Labute approximate surface area is 130 Å². The van der Waals surface area contributed by atoms with Crippen molar-refractivity contribution < 1.29 is 0 Å². The lowest BCUT2D eigenvalue weighted by atomic mass is 9.82. The van der Waals surface area contributed by atoms with E-state index < -0.39 is 0 Å². The summed E-state index contributed by atoms with van der Waals surface area (Å²) < 4.78 is 0. The normalized spacial score (nSPS) is 21.4. The van der Waals surface area contributed by atoms with Crippen LogP contribution in [-0.2, 0) is 6.42 Å². The van der Waals surface area contributed by atoms with Crippen LogP contribution in [0.5, 0.6) is 0 Å². The molecular weight excluding hydrogens is 330 g/mol. The van der Waals surface area contributed by atoms with Crippen molar-refractivity contribution in [1.82, 2.24) is 19.9 Å². The number of aromatic amines is 1. The summed E-state index contributed by atoms with van der Waals surface area (Å²) >= 11 is 3.75. The maximum absolute atomic E-state index is 6.03. The highest BCUT2D eigenvalue weighted by Gasteiger charge is 2.29. The molecule has 1 aliphatic rings. The zero-order chi connectivity index (χ0) is 14.4. The van der Waals surface area contributed by atoms with E-state index in [0.717, 1.165) is 18.7 Å². The highest BCUT2D eigenvalue weighted by atomic mass is 79.9. The molecule has 1 aromatic carbocycles. The summed E-state index contributed by atoms with van der Waals surface area (Å²) in [6.45, 7) is 0. The Bertz CT molecular complexity index is 813. The molecule has 0 saturated carbocycles. The first-order valence-corrected chi connectivity index (χ1v) is 7.82. The van der Waals surface area contributed by atoms with Gasteiger partial charge in [-0.05, 0) is 24.0 Å². The summed E-state index contributed by atoms with van der Waals surface area (Å²) in [5.74, 6) is 1.37. The maximum Gasteiger partial charge on any atom is 0.183 e. The highest BCUT2D eigenvalue weighted by molar-refractivity contribution is 9.09. The minimum atomic E-state index is 0.155. The number of benzene rings is 1. The predicted octanol–water partition coefficient (Wildman–Crippen LogP) is 2.78. The summed E-state index contributed by atoms with van der Waals surface area (Å²) in [4.78, 5) is 16.7. The molecule has 3 N–H and O–H groups in total. The number of nitrogen functional groups attached to an aromatic ring is 1. The molecule has 0 aliphatic heterocycles. The molecule has 2 unspecified atom stereocenters. The van der Waals surface area contributed by atoms with Crippen LogP contribution in [0.4, 0.5) is 5.82 Å². The number of halogens is 1. The van der Waals surface area contributed by atoms with Gasteiger partial charge in [-0.3, -0.25) is 0 Å². The number of imidazole rings is 1. The largest absolute Gasteiger partial charge is 0.382 e. The molecule has 4 rings (SSSR count). The average molecular weight is 344 g/mol. The van der Waals surface area contributed by atoms with E-state index in [1.807, 2.05) is 0 Å². The van der Waals surface area contributed by atoms with Gasteiger partial charge in [0.25, 0.3) is 0 Å². The van der Waals surface area contributed by atoms with E-state index in [4.69, 9.17) is 5.73 Å². The monoisotopic (exact) mass is 343 g/mol. The number of hydrogen-bond acceptors (Lipinski definition) is 4. The molecule has 106 valence electrons. The van der Waals surface area contributed by atoms with Gasteiger partial charge in [0.1, 0.15) is 11.3 Å². The summed E-state index contributed by atoms with van der Waals surface area (Å²) in [7, 11) is 0. The zero-order valence-electron chi connectivity index (χ0n) is 11.3. The molecule has 0 fully saturated rings. The second kappa shape index (κ2) is 4.80. The van der Waals surface area contributed by atoms with Gasteiger partial charge in [0.05, 0.1) is 6.33 Å². The van der Waals surface area contributed by atoms with Crippen molar-refractivity contribution >= 4 is 32.9 Å². The number of alkyl halides is 1. The van der Waals surface area contributed by atoms with Gasteiger partial charge in [-0.25, -0.2) is 15.0 Å². The van der Waals surface area contributed by atoms with Gasteiger partial charge < -0.3 is 10.7 Å². The number of anilines is 1. The Morgan fingerprint density at radius 1 is 1.24 bits per heavy atom. The first kappa shape index (κ1) is 12.8. The van der Waals surface area contributed by atoms with Gasteiger partial charge in [-0.1, -0.05) is 40.2 Å². The molecule has 2 aromatic heterocycles. The number of nitrogens with zero attached hydrogens (tertiary/aromatic N) is 3. The third-order valence-electron chi connectivity index (χ3n) is 4.01. The zero-order valence-corrected chi connectivity index (χ0v) is 12.8. The first-order valence-electron chi connectivity index (χ1n) is 6.90. The fourth-order valence-electron chi connectivity index (χ4n) is 3.04. The van der Waals surface area contributed by atoms with E-state index in [2.05, 4.69) is 60.1 Å². The summed E-state index contributed by atoms with van der Waals surface area (Å²) in [5.41, 5.74) is 10.0. The number of nitrogens with two attached hydrogens (primary N) is 1. The molecule has 0 spiro atoms. The molecule has 6 heteroatoms. The Kier molecular flexibility index (Phi) is 2.92. The quantitative estimate of drug-likeness (QED) is 0.665. The molecule has 21 heavy (non-hydrogen) atoms. The number of rotatable bonds is 1. The van der Waals surface area contributed by atoms with E-state index in [1.165, 1.54) is 11.1 Å². The third-order valence-corrected chi connectivity index (χ3v) is 4.70. The number of hydrogen-bond donors (Lipinski definition) is 2. The van der Waals surface area contributed by atoms with Crippen molar-refractivity contribution in [3.63, 3.8) is 0 Å². The lowest BCUT2D eigenvalue weighted by molar-refractivity contribution is 0.611. The topological polar surface area (TPSA) is 80.5 Å². The van der Waals surface area contributed by atoms with Crippen LogP contribution in [0.25, 0.3) is 11.2 Å². The summed E-state index contributed by atoms with van der Waals surface area (Å²) in [5, 5.41) is 0. The van der Waals surface area contributed by atoms with Crippen molar-refractivity contribution in [3.05, 3.63) is 47.5 Å². The Hall–Kier alpha value is -1.95. The fourth-order valence-corrected chi connectivity index (χ4v) is 3.76. The summed E-state index contributed by atoms with van der Waals surface area (Å²) in [6, 6.07) is 8.48. The minimum Gasteiger partial charge on any atom is -0.382 e. The Morgan fingerprint density at radius 3 is 3.00 bits per heavy atom. The lowest BCUT2D eigenvalue weighted by Gasteiger charge is -2.27. The van der Waals surface area contributed by atoms with E-state index in [-0.39, 0.29) is 5.92 Å². The van der Waals surface area contributed by atoms with Crippen LogP contribution in [0.2, 0.25) is 0 Å². The van der Waals surface area contributed by atoms with Crippen molar-refractivity contribution in [3.8, 4) is 0 Å². The number of fused-ring (bicyclic) bond motifs is 2. The first-order chi connectivity index (χ1) is 10.2. The van der Waals surface area contributed by atoms with Crippen molar-refractivity contribution in [1.29, 1.82) is 0 Å².